The molecule has 1 heterocycles. The molecule has 0 radical (unpaired) electrons. The van der Waals surface area contributed by atoms with Gasteiger partial charge in [0.2, 0.25) is 0 Å². The van der Waals surface area contributed by atoms with Crippen LogP contribution in [0.3, 0.4) is 0 Å². The summed E-state index contributed by atoms with van der Waals surface area (Å²) in [5.74, 6) is 0. The Balaban J connectivity index is 2.23. The minimum atomic E-state index is -0.651. The van der Waals surface area contributed by atoms with Crippen molar-refractivity contribution in [1.82, 2.24) is 9.78 Å². The number of hydrogen-bond donors (Lipinski definition) is 2. The Morgan fingerprint density at radius 3 is 2.88 bits per heavy atom. The molecule has 1 aromatic rings. The molecular weight excluding hydrogens is 282 g/mol. The third kappa shape index (κ3) is 2.56. The van der Waals surface area contributed by atoms with E-state index in [4.69, 9.17) is 5.73 Å². The third-order valence-corrected chi connectivity index (χ3v) is 4.60. The fourth-order valence-corrected chi connectivity index (χ4v) is 3.08. The van der Waals surface area contributed by atoms with Gasteiger partial charge in [-0.3, -0.25) is 4.68 Å². The van der Waals surface area contributed by atoms with E-state index in [0.717, 1.165) is 35.2 Å². The van der Waals surface area contributed by atoms with E-state index in [-0.39, 0.29) is 6.04 Å². The third-order valence-electron chi connectivity index (χ3n) is 3.57. The molecule has 3 N–H and O–H groups in total. The quantitative estimate of drug-likeness (QED) is 0.894. The predicted molar refractivity (Wildman–Crippen MR) is 70.8 cm³/mol. The number of nitrogens with two attached hydrogens (primary N) is 1. The van der Waals surface area contributed by atoms with Crippen molar-refractivity contribution >= 4 is 15.9 Å². The number of aryl methyl sites for hydroxylation is 2. The number of rotatable bonds is 3. The molecule has 4 nitrogen and oxygen atoms in total. The minimum Gasteiger partial charge on any atom is -0.389 e. The summed E-state index contributed by atoms with van der Waals surface area (Å²) in [6, 6.07) is 0.137. The Labute approximate surface area is 110 Å². The molecule has 5 heteroatoms. The Morgan fingerprint density at radius 2 is 2.35 bits per heavy atom. The fraction of sp³-hybridized carbons (Fsp3) is 0.750. The maximum Gasteiger partial charge on any atom is 0.0738 e. The van der Waals surface area contributed by atoms with E-state index in [9.17, 15) is 5.11 Å². The summed E-state index contributed by atoms with van der Waals surface area (Å²) in [7, 11) is 0. The lowest BCUT2D eigenvalue weighted by Gasteiger charge is -2.23. The van der Waals surface area contributed by atoms with Crippen LogP contribution in [0, 0.1) is 6.92 Å². The molecule has 2 atom stereocenters. The van der Waals surface area contributed by atoms with Crippen LogP contribution in [-0.4, -0.2) is 26.5 Å². The van der Waals surface area contributed by atoms with Crippen LogP contribution in [0.1, 0.15) is 37.6 Å². The lowest BCUT2D eigenvalue weighted by atomic mass is 9.95. The van der Waals surface area contributed by atoms with Gasteiger partial charge in [0, 0.05) is 19.0 Å². The first-order chi connectivity index (χ1) is 7.95. The Morgan fingerprint density at radius 1 is 1.65 bits per heavy atom. The highest BCUT2D eigenvalue weighted by Crippen LogP contribution is 2.34. The minimum absolute atomic E-state index is 0.137. The highest BCUT2D eigenvalue weighted by molar-refractivity contribution is 9.10. The summed E-state index contributed by atoms with van der Waals surface area (Å²) < 4.78 is 2.98. The van der Waals surface area contributed by atoms with Crippen molar-refractivity contribution in [3.8, 4) is 0 Å². The van der Waals surface area contributed by atoms with Crippen molar-refractivity contribution < 1.29 is 5.11 Å². The van der Waals surface area contributed by atoms with Gasteiger partial charge in [0.15, 0.2) is 0 Å². The van der Waals surface area contributed by atoms with Gasteiger partial charge in [-0.05, 0) is 49.0 Å². The second-order valence-electron chi connectivity index (χ2n) is 5.07. The molecule has 1 aliphatic carbocycles. The average Bonchev–Trinajstić information content (AvgIpc) is 2.74. The second-order valence-corrected chi connectivity index (χ2v) is 5.86. The molecule has 0 aliphatic heterocycles. The van der Waals surface area contributed by atoms with E-state index < -0.39 is 5.60 Å². The van der Waals surface area contributed by atoms with Crippen LogP contribution < -0.4 is 5.73 Å². The molecule has 0 amide bonds. The maximum atomic E-state index is 10.5. The summed E-state index contributed by atoms with van der Waals surface area (Å²) >= 11 is 3.56. The summed E-state index contributed by atoms with van der Waals surface area (Å²) in [4.78, 5) is 0. The Bertz CT molecular complexity index is 418. The normalized spacial score (nSPS) is 28.9. The monoisotopic (exact) mass is 301 g/mol. The zero-order chi connectivity index (χ0) is 12.6. The predicted octanol–water partition coefficient (Wildman–Crippen LogP) is 1.76. The topological polar surface area (TPSA) is 64.1 Å². The van der Waals surface area contributed by atoms with E-state index in [1.807, 2.05) is 11.6 Å². The molecule has 1 fully saturated rings. The van der Waals surface area contributed by atoms with Crippen molar-refractivity contribution in [2.75, 3.05) is 0 Å². The van der Waals surface area contributed by atoms with Crippen molar-refractivity contribution in [3.63, 3.8) is 0 Å². The molecule has 2 unspecified atom stereocenters. The molecule has 0 aromatic carbocycles. The Hall–Kier alpha value is -0.390. The maximum absolute atomic E-state index is 10.5. The SMILES string of the molecule is CCn1nc(C)c(Br)c1CC1(O)CCC(N)C1. The van der Waals surface area contributed by atoms with Crippen molar-refractivity contribution in [2.45, 2.75) is 57.7 Å². The van der Waals surface area contributed by atoms with E-state index in [1.54, 1.807) is 0 Å². The fourth-order valence-electron chi connectivity index (χ4n) is 2.66. The van der Waals surface area contributed by atoms with E-state index in [0.29, 0.717) is 12.8 Å². The van der Waals surface area contributed by atoms with Gasteiger partial charge in [0.1, 0.15) is 0 Å². The van der Waals surface area contributed by atoms with Gasteiger partial charge in [-0.2, -0.15) is 5.10 Å². The molecule has 0 bridgehead atoms. The summed E-state index contributed by atoms with van der Waals surface area (Å²) in [5.41, 5.74) is 7.30. The van der Waals surface area contributed by atoms with Gasteiger partial charge in [0.25, 0.3) is 0 Å². The van der Waals surface area contributed by atoms with Gasteiger partial charge in [-0.15, -0.1) is 0 Å². The van der Waals surface area contributed by atoms with Crippen molar-refractivity contribution in [3.05, 3.63) is 15.9 Å². The smallest absolute Gasteiger partial charge is 0.0738 e. The van der Waals surface area contributed by atoms with Gasteiger partial charge < -0.3 is 10.8 Å². The first-order valence-corrected chi connectivity index (χ1v) is 6.94. The summed E-state index contributed by atoms with van der Waals surface area (Å²) in [5, 5.41) is 15.0. The number of hydrogen-bond acceptors (Lipinski definition) is 3. The molecule has 2 rings (SSSR count). The molecule has 0 spiro atoms. The lowest BCUT2D eigenvalue weighted by molar-refractivity contribution is 0.0446. The number of nitrogens with zero attached hydrogens (tertiary/aromatic N) is 2. The first-order valence-electron chi connectivity index (χ1n) is 6.15. The summed E-state index contributed by atoms with van der Waals surface area (Å²) in [6.07, 6.45) is 3.02. The first kappa shape index (κ1) is 13.1. The molecular formula is C12H20BrN3O. The van der Waals surface area contributed by atoms with E-state index in [1.165, 1.54) is 0 Å². The molecule has 17 heavy (non-hydrogen) atoms. The summed E-state index contributed by atoms with van der Waals surface area (Å²) in [6.45, 7) is 4.86. The largest absolute Gasteiger partial charge is 0.389 e. The molecule has 1 saturated carbocycles. The number of aliphatic hydroxyl groups is 1. The standard InChI is InChI=1S/C12H20BrN3O/c1-3-16-10(11(13)8(2)15-16)7-12(17)5-4-9(14)6-12/h9,17H,3-7,14H2,1-2H3. The molecule has 1 aromatic heterocycles. The van der Waals surface area contributed by atoms with Crippen LogP contribution in [0.15, 0.2) is 4.47 Å². The molecule has 96 valence electrons. The van der Waals surface area contributed by atoms with Gasteiger partial charge >= 0.3 is 0 Å². The van der Waals surface area contributed by atoms with E-state index in [2.05, 4.69) is 28.0 Å². The second kappa shape index (κ2) is 4.71. The number of aromatic nitrogens is 2. The van der Waals surface area contributed by atoms with Gasteiger partial charge in [0.05, 0.1) is 21.5 Å². The van der Waals surface area contributed by atoms with E-state index >= 15 is 0 Å². The highest BCUT2D eigenvalue weighted by atomic mass is 79.9. The van der Waals surface area contributed by atoms with Crippen LogP contribution in [0.25, 0.3) is 0 Å². The van der Waals surface area contributed by atoms with Gasteiger partial charge in [-0.25, -0.2) is 0 Å². The van der Waals surface area contributed by atoms with Crippen LogP contribution in [0.4, 0.5) is 0 Å². The molecule has 0 saturated heterocycles. The van der Waals surface area contributed by atoms with Crippen molar-refractivity contribution in [1.29, 1.82) is 0 Å². The average molecular weight is 302 g/mol. The van der Waals surface area contributed by atoms with Crippen LogP contribution >= 0.6 is 15.9 Å². The zero-order valence-corrected chi connectivity index (χ0v) is 12.0. The number of halogens is 1. The molecule has 1 aliphatic rings. The Kier molecular flexibility index (Phi) is 3.61. The van der Waals surface area contributed by atoms with Crippen LogP contribution in [0.2, 0.25) is 0 Å². The lowest BCUT2D eigenvalue weighted by Crippen LogP contribution is -2.31. The zero-order valence-electron chi connectivity index (χ0n) is 10.4. The highest BCUT2D eigenvalue weighted by Gasteiger charge is 2.37. The van der Waals surface area contributed by atoms with Crippen LogP contribution in [0.5, 0.6) is 0 Å². The van der Waals surface area contributed by atoms with Crippen molar-refractivity contribution in [2.24, 2.45) is 5.73 Å². The van der Waals surface area contributed by atoms with Crippen LogP contribution in [-0.2, 0) is 13.0 Å². The van der Waals surface area contributed by atoms with Gasteiger partial charge in [-0.1, -0.05) is 0 Å².